The molecule has 5 aliphatic carbocycles. The Hall–Kier alpha value is -0.380. The van der Waals surface area contributed by atoms with E-state index in [-0.39, 0.29) is 33.2 Å². The summed E-state index contributed by atoms with van der Waals surface area (Å²) in [6.07, 6.45) is 9.47. The minimum atomic E-state index is -0.652. The second-order valence-electron chi connectivity index (χ2n) is 15.5. The van der Waals surface area contributed by atoms with Crippen LogP contribution in [0.1, 0.15) is 107 Å². The van der Waals surface area contributed by atoms with E-state index < -0.39 is 12.2 Å². The van der Waals surface area contributed by atoms with Crippen LogP contribution in [0.25, 0.3) is 0 Å². The summed E-state index contributed by atoms with van der Waals surface area (Å²) in [6.45, 7) is 19.0. The van der Waals surface area contributed by atoms with Gasteiger partial charge in [-0.15, -0.1) is 0 Å². The van der Waals surface area contributed by atoms with E-state index in [0.29, 0.717) is 29.6 Å². The van der Waals surface area contributed by atoms with Crippen molar-refractivity contribution in [1.82, 2.24) is 0 Å². The lowest BCUT2D eigenvalue weighted by atomic mass is 9.33. The molecule has 10 atom stereocenters. The predicted octanol–water partition coefficient (Wildman–Crippen LogP) is 6.11. The van der Waals surface area contributed by atoms with Gasteiger partial charge in [0.1, 0.15) is 0 Å². The summed E-state index contributed by atoms with van der Waals surface area (Å²) in [7, 11) is 0. The molecule has 0 spiro atoms. The summed E-state index contributed by atoms with van der Waals surface area (Å²) >= 11 is 0. The van der Waals surface area contributed by atoms with Crippen LogP contribution in [0.15, 0.2) is 11.6 Å². The third-order valence-corrected chi connectivity index (χ3v) is 13.1. The lowest BCUT2D eigenvalue weighted by Gasteiger charge is -2.72. The maximum absolute atomic E-state index is 11.7. The zero-order valence-corrected chi connectivity index (χ0v) is 22.5. The first kappa shape index (κ1) is 24.3. The molecule has 0 bridgehead atoms. The van der Waals surface area contributed by atoms with Gasteiger partial charge in [-0.2, -0.15) is 0 Å². The normalized spacial score (nSPS) is 57.1. The average molecular weight is 459 g/mol. The van der Waals surface area contributed by atoms with Gasteiger partial charge in [-0.05, 0) is 96.2 Å². The number of aliphatic hydroxyl groups is 3. The molecule has 0 saturated heterocycles. The Morgan fingerprint density at radius 2 is 1.42 bits per heavy atom. The Labute approximate surface area is 202 Å². The SMILES string of the molecule is CC1(C)CC[C@]2(C)[C@H](O)C[C@]3(C)C(=CC[C@@H]4[C@@]5(C)C[C@H](O)[C@H](O)C(C)(C)C5CC[C@]43C)[C@H]2C1. The van der Waals surface area contributed by atoms with E-state index >= 15 is 0 Å². The average Bonchev–Trinajstić information content (AvgIpc) is 2.69. The molecule has 0 aromatic heterocycles. The van der Waals surface area contributed by atoms with Gasteiger partial charge in [0.15, 0.2) is 0 Å². The highest BCUT2D eigenvalue weighted by Gasteiger charge is 2.69. The highest BCUT2D eigenvalue weighted by molar-refractivity contribution is 5.34. The summed E-state index contributed by atoms with van der Waals surface area (Å²) in [5.41, 5.74) is 1.79. The van der Waals surface area contributed by atoms with Crippen molar-refractivity contribution in [3.8, 4) is 0 Å². The fourth-order valence-electron chi connectivity index (χ4n) is 10.7. The summed E-state index contributed by atoms with van der Waals surface area (Å²) < 4.78 is 0. The van der Waals surface area contributed by atoms with Crippen LogP contribution >= 0.6 is 0 Å². The van der Waals surface area contributed by atoms with E-state index in [2.05, 4.69) is 61.5 Å². The van der Waals surface area contributed by atoms with Crippen LogP contribution in [0.2, 0.25) is 0 Å². The molecule has 4 saturated carbocycles. The third kappa shape index (κ3) is 2.91. The van der Waals surface area contributed by atoms with Crippen molar-refractivity contribution >= 4 is 0 Å². The maximum Gasteiger partial charge on any atom is 0.0852 e. The maximum atomic E-state index is 11.7. The van der Waals surface area contributed by atoms with Gasteiger partial charge >= 0.3 is 0 Å². The number of hydrogen-bond acceptors (Lipinski definition) is 3. The molecule has 3 N–H and O–H groups in total. The Morgan fingerprint density at radius 1 is 0.758 bits per heavy atom. The van der Waals surface area contributed by atoms with Gasteiger partial charge in [0.05, 0.1) is 18.3 Å². The van der Waals surface area contributed by atoms with Gasteiger partial charge in [0.2, 0.25) is 0 Å². The van der Waals surface area contributed by atoms with Gasteiger partial charge in [-0.1, -0.05) is 67.0 Å². The fourth-order valence-corrected chi connectivity index (χ4v) is 10.7. The molecule has 5 rings (SSSR count). The van der Waals surface area contributed by atoms with Crippen molar-refractivity contribution < 1.29 is 15.3 Å². The molecule has 3 heteroatoms. The van der Waals surface area contributed by atoms with E-state index in [1.807, 2.05) is 0 Å². The van der Waals surface area contributed by atoms with Crippen LogP contribution in [-0.2, 0) is 0 Å². The van der Waals surface area contributed by atoms with Gasteiger partial charge < -0.3 is 15.3 Å². The highest BCUT2D eigenvalue weighted by Crippen LogP contribution is 2.75. The molecular weight excluding hydrogens is 408 g/mol. The highest BCUT2D eigenvalue weighted by atomic mass is 16.3. The van der Waals surface area contributed by atoms with Crippen LogP contribution in [-0.4, -0.2) is 33.6 Å². The first-order valence-corrected chi connectivity index (χ1v) is 13.8. The van der Waals surface area contributed by atoms with Gasteiger partial charge in [0.25, 0.3) is 0 Å². The molecule has 0 aromatic carbocycles. The molecule has 3 nitrogen and oxygen atoms in total. The molecule has 4 fully saturated rings. The Kier molecular flexibility index (Phi) is 5.07. The van der Waals surface area contributed by atoms with Crippen LogP contribution in [0.5, 0.6) is 0 Å². The quantitative estimate of drug-likeness (QED) is 0.384. The van der Waals surface area contributed by atoms with E-state index in [4.69, 9.17) is 0 Å². The summed E-state index contributed by atoms with van der Waals surface area (Å²) in [6, 6.07) is 0. The van der Waals surface area contributed by atoms with Crippen molar-refractivity contribution in [3.05, 3.63) is 11.6 Å². The molecule has 33 heavy (non-hydrogen) atoms. The van der Waals surface area contributed by atoms with Crippen LogP contribution in [0, 0.1) is 50.2 Å². The molecule has 1 unspecified atom stereocenters. The fraction of sp³-hybridized carbons (Fsp3) is 0.933. The number of rotatable bonds is 0. The topological polar surface area (TPSA) is 60.7 Å². The van der Waals surface area contributed by atoms with E-state index in [9.17, 15) is 15.3 Å². The van der Waals surface area contributed by atoms with E-state index in [0.717, 1.165) is 32.1 Å². The molecule has 5 aliphatic rings. The first-order chi connectivity index (χ1) is 15.0. The second kappa shape index (κ2) is 6.88. The molecule has 188 valence electrons. The molecule has 0 amide bonds. The van der Waals surface area contributed by atoms with Crippen LogP contribution in [0.3, 0.4) is 0 Å². The largest absolute Gasteiger partial charge is 0.393 e. The van der Waals surface area contributed by atoms with Crippen molar-refractivity contribution in [1.29, 1.82) is 0 Å². The van der Waals surface area contributed by atoms with Gasteiger partial charge in [-0.25, -0.2) is 0 Å². The minimum Gasteiger partial charge on any atom is -0.393 e. The van der Waals surface area contributed by atoms with Crippen molar-refractivity contribution in [2.24, 2.45) is 50.2 Å². The van der Waals surface area contributed by atoms with E-state index in [1.54, 1.807) is 5.57 Å². The summed E-state index contributed by atoms with van der Waals surface area (Å²) in [4.78, 5) is 0. The van der Waals surface area contributed by atoms with E-state index in [1.165, 1.54) is 12.8 Å². The zero-order valence-electron chi connectivity index (χ0n) is 22.5. The third-order valence-electron chi connectivity index (χ3n) is 13.1. The molecule has 0 heterocycles. The van der Waals surface area contributed by atoms with Crippen molar-refractivity contribution in [2.75, 3.05) is 0 Å². The lowest BCUT2D eigenvalue weighted by molar-refractivity contribution is -0.237. The lowest BCUT2D eigenvalue weighted by Crippen LogP contribution is -2.67. The number of aliphatic hydroxyl groups excluding tert-OH is 3. The monoisotopic (exact) mass is 458 g/mol. The van der Waals surface area contributed by atoms with Gasteiger partial charge in [-0.3, -0.25) is 0 Å². The van der Waals surface area contributed by atoms with Crippen molar-refractivity contribution in [2.45, 2.75) is 125 Å². The Morgan fingerprint density at radius 3 is 2.09 bits per heavy atom. The van der Waals surface area contributed by atoms with Gasteiger partial charge in [0, 0.05) is 5.41 Å². The van der Waals surface area contributed by atoms with Crippen molar-refractivity contribution in [3.63, 3.8) is 0 Å². The summed E-state index contributed by atoms with van der Waals surface area (Å²) in [5, 5.41) is 33.6. The van der Waals surface area contributed by atoms with Crippen LogP contribution in [0.4, 0.5) is 0 Å². The standard InChI is InChI=1S/C30H50O3/c1-25(2)13-14-27(5)19(15-25)18-9-10-22-28(6)16-20(31)24(33)26(3,4)21(28)11-12-29(22,7)30(18,8)17-23(27)32/h9,19-24,31-33H,10-17H2,1-8H3/t19-,20+,21?,22-,23-,24+,27+,28+,29-,30-/m1/s1. The van der Waals surface area contributed by atoms with Crippen LogP contribution < -0.4 is 0 Å². The second-order valence-corrected chi connectivity index (χ2v) is 15.5. The minimum absolute atomic E-state index is 0.00169. The smallest absolute Gasteiger partial charge is 0.0852 e. The zero-order chi connectivity index (χ0) is 24.4. The first-order valence-electron chi connectivity index (χ1n) is 13.8. The number of allylic oxidation sites excluding steroid dienone is 2. The Bertz CT molecular complexity index is 859. The molecule has 0 aromatic rings. The molecule has 0 aliphatic heterocycles. The number of hydrogen-bond donors (Lipinski definition) is 3. The summed E-state index contributed by atoms with van der Waals surface area (Å²) in [5.74, 6) is 1.34. The predicted molar refractivity (Wildman–Crippen MR) is 133 cm³/mol. The molecular formula is C30H50O3. The Balaban J connectivity index is 1.61. The number of fused-ring (bicyclic) bond motifs is 7. The molecule has 0 radical (unpaired) electrons.